The summed E-state index contributed by atoms with van der Waals surface area (Å²) >= 11 is 4.93. The lowest BCUT2D eigenvalue weighted by Crippen LogP contribution is -2.22. The third-order valence-electron chi connectivity index (χ3n) is 2.84. The summed E-state index contributed by atoms with van der Waals surface area (Å²) in [5.74, 6) is -1.68. The summed E-state index contributed by atoms with van der Waals surface area (Å²) < 4.78 is 27.2. The van der Waals surface area contributed by atoms with Gasteiger partial charge in [0.05, 0.1) is 5.25 Å². The Bertz CT molecular complexity index is 604. The van der Waals surface area contributed by atoms with E-state index in [1.54, 1.807) is 6.07 Å². The third kappa shape index (κ3) is 3.59. The highest BCUT2D eigenvalue weighted by molar-refractivity contribution is 9.10. The fourth-order valence-corrected chi connectivity index (χ4v) is 3.70. The summed E-state index contributed by atoms with van der Waals surface area (Å²) in [7, 11) is 0. The maximum atomic E-state index is 13.3. The molecule has 5 heteroatoms. The van der Waals surface area contributed by atoms with Gasteiger partial charge in [-0.3, -0.25) is 0 Å². The second kappa shape index (κ2) is 6.70. The van der Waals surface area contributed by atoms with E-state index in [2.05, 4.69) is 15.9 Å². The lowest BCUT2D eigenvalue weighted by atomic mass is 10.1. The standard InChI is InChI=1S/C15H14BrF2NS/c1-9(19)15(11-4-2-3-5-12(11)16)20-10-6-7-13(17)14(18)8-10/h2-9,15H,19H2,1H3. The average molecular weight is 358 g/mol. The van der Waals surface area contributed by atoms with Gasteiger partial charge in [0, 0.05) is 15.4 Å². The van der Waals surface area contributed by atoms with Crippen LogP contribution in [-0.4, -0.2) is 6.04 Å². The highest BCUT2D eigenvalue weighted by Crippen LogP contribution is 2.40. The number of halogens is 3. The lowest BCUT2D eigenvalue weighted by Gasteiger charge is -2.22. The molecule has 0 fully saturated rings. The molecule has 1 nitrogen and oxygen atoms in total. The molecule has 0 saturated heterocycles. The minimum Gasteiger partial charge on any atom is -0.327 e. The largest absolute Gasteiger partial charge is 0.327 e. The van der Waals surface area contributed by atoms with Crippen LogP contribution in [0.2, 0.25) is 0 Å². The zero-order valence-corrected chi connectivity index (χ0v) is 13.2. The molecule has 2 N–H and O–H groups in total. The first-order valence-corrected chi connectivity index (χ1v) is 7.78. The second-order valence-electron chi connectivity index (χ2n) is 4.49. The van der Waals surface area contributed by atoms with E-state index in [-0.39, 0.29) is 11.3 Å². The molecule has 0 radical (unpaired) electrons. The highest BCUT2D eigenvalue weighted by Gasteiger charge is 2.20. The van der Waals surface area contributed by atoms with Crippen LogP contribution < -0.4 is 5.73 Å². The molecular weight excluding hydrogens is 344 g/mol. The van der Waals surface area contributed by atoms with Gasteiger partial charge in [-0.25, -0.2) is 8.78 Å². The predicted molar refractivity (Wildman–Crippen MR) is 82.7 cm³/mol. The average Bonchev–Trinajstić information content (AvgIpc) is 2.41. The number of hydrogen-bond acceptors (Lipinski definition) is 2. The molecule has 2 atom stereocenters. The molecule has 0 spiro atoms. The fourth-order valence-electron chi connectivity index (χ4n) is 1.86. The van der Waals surface area contributed by atoms with Crippen LogP contribution in [0.1, 0.15) is 17.7 Å². The molecule has 0 aliphatic heterocycles. The molecule has 0 aliphatic rings. The van der Waals surface area contributed by atoms with Gasteiger partial charge in [0.15, 0.2) is 11.6 Å². The summed E-state index contributed by atoms with van der Waals surface area (Å²) in [5, 5.41) is -0.0459. The van der Waals surface area contributed by atoms with Crippen molar-refractivity contribution in [2.75, 3.05) is 0 Å². The van der Waals surface area contributed by atoms with Crippen molar-refractivity contribution in [1.82, 2.24) is 0 Å². The quantitative estimate of drug-likeness (QED) is 0.786. The van der Waals surface area contributed by atoms with E-state index in [1.807, 2.05) is 31.2 Å². The van der Waals surface area contributed by atoms with Crippen molar-refractivity contribution in [3.05, 3.63) is 64.1 Å². The van der Waals surface area contributed by atoms with E-state index in [0.717, 1.165) is 16.1 Å². The van der Waals surface area contributed by atoms with Crippen LogP contribution in [0.5, 0.6) is 0 Å². The predicted octanol–water partition coefficient (Wildman–Crippen LogP) is 4.91. The molecule has 20 heavy (non-hydrogen) atoms. The number of hydrogen-bond donors (Lipinski definition) is 1. The Kier molecular flexibility index (Phi) is 5.18. The Balaban J connectivity index is 2.31. The van der Waals surface area contributed by atoms with E-state index < -0.39 is 11.6 Å². The Morgan fingerprint density at radius 2 is 1.80 bits per heavy atom. The minimum absolute atomic E-state index is 0.0459. The van der Waals surface area contributed by atoms with E-state index in [0.29, 0.717) is 4.90 Å². The van der Waals surface area contributed by atoms with Gasteiger partial charge >= 0.3 is 0 Å². The molecule has 2 rings (SSSR count). The fraction of sp³-hybridized carbons (Fsp3) is 0.200. The molecule has 0 aromatic heterocycles. The van der Waals surface area contributed by atoms with Crippen LogP contribution in [0.25, 0.3) is 0 Å². The van der Waals surface area contributed by atoms with Gasteiger partial charge in [-0.2, -0.15) is 0 Å². The zero-order valence-electron chi connectivity index (χ0n) is 10.8. The van der Waals surface area contributed by atoms with Gasteiger partial charge in [-0.05, 0) is 36.8 Å². The Morgan fingerprint density at radius 3 is 2.40 bits per heavy atom. The van der Waals surface area contributed by atoms with Crippen LogP contribution >= 0.6 is 27.7 Å². The maximum absolute atomic E-state index is 13.3. The Labute approximate surface area is 129 Å². The molecule has 2 aromatic rings. The molecule has 0 bridgehead atoms. The summed E-state index contributed by atoms with van der Waals surface area (Å²) in [6, 6.07) is 11.5. The summed E-state index contributed by atoms with van der Waals surface area (Å²) in [5.41, 5.74) is 7.08. The van der Waals surface area contributed by atoms with E-state index >= 15 is 0 Å². The van der Waals surface area contributed by atoms with Crippen molar-refractivity contribution in [1.29, 1.82) is 0 Å². The highest BCUT2D eigenvalue weighted by atomic mass is 79.9. The molecule has 106 valence electrons. The molecule has 0 heterocycles. The van der Waals surface area contributed by atoms with Crippen LogP contribution in [0.15, 0.2) is 51.8 Å². The van der Waals surface area contributed by atoms with Gasteiger partial charge in [0.1, 0.15) is 0 Å². The first-order chi connectivity index (χ1) is 9.49. The normalized spacial score (nSPS) is 14.1. The summed E-state index contributed by atoms with van der Waals surface area (Å²) in [6.45, 7) is 1.90. The molecule has 2 aromatic carbocycles. The van der Waals surface area contributed by atoms with Crippen LogP contribution in [0.4, 0.5) is 8.78 Å². The number of benzene rings is 2. The Morgan fingerprint density at radius 1 is 1.10 bits per heavy atom. The van der Waals surface area contributed by atoms with E-state index in [9.17, 15) is 8.78 Å². The molecule has 0 saturated carbocycles. The first kappa shape index (κ1) is 15.5. The van der Waals surface area contributed by atoms with Crippen LogP contribution in [-0.2, 0) is 0 Å². The second-order valence-corrected chi connectivity index (χ2v) is 6.56. The summed E-state index contributed by atoms with van der Waals surface area (Å²) in [6.07, 6.45) is 0. The van der Waals surface area contributed by atoms with Crippen molar-refractivity contribution < 1.29 is 8.78 Å². The third-order valence-corrected chi connectivity index (χ3v) is 5.03. The van der Waals surface area contributed by atoms with Gasteiger partial charge in [0.25, 0.3) is 0 Å². The summed E-state index contributed by atoms with van der Waals surface area (Å²) in [4.78, 5) is 0.655. The van der Waals surface area contributed by atoms with Gasteiger partial charge in [-0.15, -0.1) is 11.8 Å². The van der Waals surface area contributed by atoms with Gasteiger partial charge in [-0.1, -0.05) is 34.1 Å². The van der Waals surface area contributed by atoms with E-state index in [1.165, 1.54) is 17.8 Å². The molecule has 0 aliphatic carbocycles. The van der Waals surface area contributed by atoms with Crippen molar-refractivity contribution in [2.45, 2.75) is 23.1 Å². The Hall–Kier alpha value is -0.910. The van der Waals surface area contributed by atoms with Crippen molar-refractivity contribution in [3.8, 4) is 0 Å². The SMILES string of the molecule is CC(N)C(Sc1ccc(F)c(F)c1)c1ccccc1Br. The molecular formula is C15H14BrF2NS. The molecule has 2 unspecified atom stereocenters. The van der Waals surface area contributed by atoms with Gasteiger partial charge in [0.2, 0.25) is 0 Å². The first-order valence-electron chi connectivity index (χ1n) is 6.10. The zero-order chi connectivity index (χ0) is 14.7. The number of rotatable bonds is 4. The van der Waals surface area contributed by atoms with Crippen molar-refractivity contribution in [2.24, 2.45) is 5.73 Å². The van der Waals surface area contributed by atoms with Gasteiger partial charge < -0.3 is 5.73 Å². The van der Waals surface area contributed by atoms with Crippen molar-refractivity contribution in [3.63, 3.8) is 0 Å². The monoisotopic (exact) mass is 357 g/mol. The maximum Gasteiger partial charge on any atom is 0.159 e. The topological polar surface area (TPSA) is 26.0 Å². The smallest absolute Gasteiger partial charge is 0.159 e. The number of thioether (sulfide) groups is 1. The van der Waals surface area contributed by atoms with Crippen molar-refractivity contribution >= 4 is 27.7 Å². The molecule has 0 amide bonds. The van der Waals surface area contributed by atoms with Crippen LogP contribution in [0.3, 0.4) is 0 Å². The van der Waals surface area contributed by atoms with E-state index in [4.69, 9.17) is 5.73 Å². The minimum atomic E-state index is -0.842. The number of nitrogens with two attached hydrogens (primary N) is 1. The van der Waals surface area contributed by atoms with Crippen LogP contribution in [0, 0.1) is 11.6 Å². The lowest BCUT2D eigenvalue weighted by molar-refractivity contribution is 0.506.